The average molecular weight is 273 g/mol. The Labute approximate surface area is 121 Å². The van der Waals surface area contributed by atoms with Gasteiger partial charge in [-0.05, 0) is 24.6 Å². The fourth-order valence-corrected chi connectivity index (χ4v) is 1.83. The minimum absolute atomic E-state index is 0.0570. The van der Waals surface area contributed by atoms with Gasteiger partial charge in [-0.3, -0.25) is 4.79 Å². The molecule has 108 valence electrons. The van der Waals surface area contributed by atoms with E-state index in [-0.39, 0.29) is 12.5 Å². The van der Waals surface area contributed by atoms with Crippen LogP contribution in [-0.2, 0) is 4.79 Å². The zero-order valence-electron chi connectivity index (χ0n) is 12.1. The Morgan fingerprint density at radius 2 is 2.15 bits per heavy atom. The van der Waals surface area contributed by atoms with Crippen LogP contribution in [0.1, 0.15) is 51.0 Å². The van der Waals surface area contributed by atoms with E-state index < -0.39 is 0 Å². The van der Waals surface area contributed by atoms with E-state index in [0.717, 1.165) is 24.1 Å². The first kappa shape index (κ1) is 16.3. The van der Waals surface area contributed by atoms with E-state index in [2.05, 4.69) is 24.1 Å². The van der Waals surface area contributed by atoms with Gasteiger partial charge >= 0.3 is 0 Å². The molecule has 1 aromatic carbocycles. The molecule has 20 heavy (non-hydrogen) atoms. The third-order valence-corrected chi connectivity index (χ3v) is 2.87. The fraction of sp³-hybridized carbons (Fsp3) is 0.471. The molecule has 0 aliphatic heterocycles. The Balaban J connectivity index is 2.45. The van der Waals surface area contributed by atoms with Gasteiger partial charge in [0.25, 0.3) is 0 Å². The highest BCUT2D eigenvalue weighted by Gasteiger charge is 2.02. The van der Waals surface area contributed by atoms with Crippen molar-refractivity contribution in [3.8, 4) is 11.8 Å². The summed E-state index contributed by atoms with van der Waals surface area (Å²) >= 11 is 0. The number of carbonyl (C=O) groups excluding carboxylic acids is 1. The molecule has 2 N–H and O–H groups in total. The van der Waals surface area contributed by atoms with Crippen LogP contribution in [0.4, 0.5) is 5.69 Å². The molecule has 1 amide bonds. The van der Waals surface area contributed by atoms with Crippen LogP contribution in [0.15, 0.2) is 24.3 Å². The summed E-state index contributed by atoms with van der Waals surface area (Å²) in [7, 11) is 0. The molecule has 3 heteroatoms. The lowest BCUT2D eigenvalue weighted by atomic mass is 10.1. The van der Waals surface area contributed by atoms with E-state index in [4.69, 9.17) is 5.11 Å². The average Bonchev–Trinajstić information content (AvgIpc) is 2.44. The van der Waals surface area contributed by atoms with E-state index in [1.165, 1.54) is 12.8 Å². The smallest absolute Gasteiger partial charge is 0.224 e. The van der Waals surface area contributed by atoms with E-state index in [1.54, 1.807) is 0 Å². The van der Waals surface area contributed by atoms with Crippen LogP contribution in [0.25, 0.3) is 0 Å². The summed E-state index contributed by atoms with van der Waals surface area (Å²) < 4.78 is 0. The summed E-state index contributed by atoms with van der Waals surface area (Å²) in [5, 5.41) is 11.6. The van der Waals surface area contributed by atoms with Gasteiger partial charge in [-0.15, -0.1) is 0 Å². The molecule has 0 spiro atoms. The molecule has 0 aliphatic rings. The molecule has 3 nitrogen and oxygen atoms in total. The Morgan fingerprint density at radius 3 is 2.90 bits per heavy atom. The van der Waals surface area contributed by atoms with Gasteiger partial charge in [0, 0.05) is 24.1 Å². The normalized spacial score (nSPS) is 9.70. The minimum atomic E-state index is 0.0570. The van der Waals surface area contributed by atoms with Crippen LogP contribution >= 0.6 is 0 Å². The van der Waals surface area contributed by atoms with Crippen molar-refractivity contribution >= 4 is 11.6 Å². The van der Waals surface area contributed by atoms with Crippen LogP contribution in [0.2, 0.25) is 0 Å². The second-order valence-electron chi connectivity index (χ2n) is 4.72. The second kappa shape index (κ2) is 10.1. The van der Waals surface area contributed by atoms with Crippen LogP contribution in [0, 0.1) is 11.8 Å². The van der Waals surface area contributed by atoms with E-state index >= 15 is 0 Å². The molecular formula is C17H23NO2. The number of benzene rings is 1. The molecule has 0 saturated heterocycles. The fourth-order valence-electron chi connectivity index (χ4n) is 1.83. The Hall–Kier alpha value is -1.79. The largest absolute Gasteiger partial charge is 0.395 e. The number of nitrogens with one attached hydrogen (secondary N) is 1. The number of hydrogen-bond donors (Lipinski definition) is 2. The predicted molar refractivity (Wildman–Crippen MR) is 82.4 cm³/mol. The molecular weight excluding hydrogens is 250 g/mol. The molecule has 1 rings (SSSR count). The maximum absolute atomic E-state index is 11.8. The number of aliphatic hydroxyl groups excluding tert-OH is 1. The van der Waals surface area contributed by atoms with E-state index in [9.17, 15) is 4.79 Å². The first-order valence-electron chi connectivity index (χ1n) is 7.26. The Bertz CT molecular complexity index is 471. The lowest BCUT2D eigenvalue weighted by molar-refractivity contribution is -0.116. The van der Waals surface area contributed by atoms with Gasteiger partial charge in [-0.1, -0.05) is 44.1 Å². The predicted octanol–water partition coefficient (Wildman–Crippen LogP) is 3.33. The number of unbranched alkanes of at least 4 members (excludes halogenated alkanes) is 3. The van der Waals surface area contributed by atoms with E-state index in [0.29, 0.717) is 12.8 Å². The maximum atomic E-state index is 11.8. The van der Waals surface area contributed by atoms with Crippen molar-refractivity contribution in [1.29, 1.82) is 0 Å². The summed E-state index contributed by atoms with van der Waals surface area (Å²) in [6.45, 7) is 2.23. The number of carbonyl (C=O) groups is 1. The quantitative estimate of drug-likeness (QED) is 0.591. The molecule has 0 atom stereocenters. The van der Waals surface area contributed by atoms with Crippen molar-refractivity contribution < 1.29 is 9.90 Å². The summed E-state index contributed by atoms with van der Waals surface area (Å²) in [5.74, 6) is 5.88. The molecule has 1 aromatic rings. The molecule has 0 heterocycles. The molecule has 0 bridgehead atoms. The third-order valence-electron chi connectivity index (χ3n) is 2.87. The highest BCUT2D eigenvalue weighted by Crippen LogP contribution is 2.11. The second-order valence-corrected chi connectivity index (χ2v) is 4.72. The standard InChI is InChI=1S/C17H23NO2/c1-2-3-4-5-12-17(20)18-16-11-8-10-15(14-16)9-6-7-13-19/h8,10-11,14,19H,2-5,7,12-13H2,1H3,(H,18,20). The maximum Gasteiger partial charge on any atom is 0.224 e. The van der Waals surface area contributed by atoms with Gasteiger partial charge in [0.1, 0.15) is 0 Å². The first-order valence-corrected chi connectivity index (χ1v) is 7.26. The van der Waals surface area contributed by atoms with Crippen molar-refractivity contribution in [3.63, 3.8) is 0 Å². The summed E-state index contributed by atoms with van der Waals surface area (Å²) in [6.07, 6.45) is 5.44. The van der Waals surface area contributed by atoms with Crippen LogP contribution in [-0.4, -0.2) is 17.6 Å². The van der Waals surface area contributed by atoms with Gasteiger partial charge in [-0.2, -0.15) is 0 Å². The van der Waals surface area contributed by atoms with Gasteiger partial charge in [0.2, 0.25) is 5.91 Å². The number of aliphatic hydroxyl groups is 1. The molecule has 0 fully saturated rings. The van der Waals surface area contributed by atoms with Crippen LogP contribution in [0.3, 0.4) is 0 Å². The number of rotatable bonds is 7. The zero-order valence-corrected chi connectivity index (χ0v) is 12.1. The van der Waals surface area contributed by atoms with Crippen molar-refractivity contribution in [3.05, 3.63) is 29.8 Å². The zero-order chi connectivity index (χ0) is 14.6. The molecule has 0 aliphatic carbocycles. The van der Waals surface area contributed by atoms with Crippen molar-refractivity contribution in [2.45, 2.75) is 45.4 Å². The first-order chi connectivity index (χ1) is 9.76. The van der Waals surface area contributed by atoms with E-state index in [1.807, 2.05) is 24.3 Å². The molecule has 0 saturated carbocycles. The van der Waals surface area contributed by atoms with Crippen LogP contribution < -0.4 is 5.32 Å². The molecule has 0 radical (unpaired) electrons. The SMILES string of the molecule is CCCCCCC(=O)Nc1cccc(C#CCCO)c1. The van der Waals surface area contributed by atoms with Gasteiger partial charge in [-0.25, -0.2) is 0 Å². The highest BCUT2D eigenvalue weighted by molar-refractivity contribution is 5.90. The number of hydrogen-bond acceptors (Lipinski definition) is 2. The highest BCUT2D eigenvalue weighted by atomic mass is 16.2. The Morgan fingerprint density at radius 1 is 1.30 bits per heavy atom. The molecule has 0 unspecified atom stereocenters. The summed E-state index contributed by atoms with van der Waals surface area (Å²) in [5.41, 5.74) is 1.63. The monoisotopic (exact) mass is 273 g/mol. The molecule has 0 aromatic heterocycles. The van der Waals surface area contributed by atoms with Crippen molar-refractivity contribution in [2.24, 2.45) is 0 Å². The Kier molecular flexibility index (Phi) is 8.17. The number of anilines is 1. The number of amides is 1. The minimum Gasteiger partial charge on any atom is -0.395 e. The summed E-state index contributed by atoms with van der Waals surface area (Å²) in [6, 6.07) is 7.48. The summed E-state index contributed by atoms with van der Waals surface area (Å²) in [4.78, 5) is 11.8. The van der Waals surface area contributed by atoms with Crippen LogP contribution in [0.5, 0.6) is 0 Å². The van der Waals surface area contributed by atoms with Crippen molar-refractivity contribution in [2.75, 3.05) is 11.9 Å². The lowest BCUT2D eigenvalue weighted by Gasteiger charge is -2.05. The van der Waals surface area contributed by atoms with Crippen molar-refractivity contribution in [1.82, 2.24) is 0 Å². The van der Waals surface area contributed by atoms with Gasteiger partial charge < -0.3 is 10.4 Å². The third kappa shape index (κ3) is 6.96. The van der Waals surface area contributed by atoms with Gasteiger partial charge in [0.05, 0.1) is 6.61 Å². The topological polar surface area (TPSA) is 49.3 Å². The lowest BCUT2D eigenvalue weighted by Crippen LogP contribution is -2.11. The van der Waals surface area contributed by atoms with Gasteiger partial charge in [0.15, 0.2) is 0 Å².